The number of nitrogens with one attached hydrogen (secondary N) is 1. The minimum absolute atomic E-state index is 0.0484. The minimum Gasteiger partial charge on any atom is -0.460 e. The predicted octanol–water partition coefficient (Wildman–Crippen LogP) is 4.24. The van der Waals surface area contributed by atoms with Gasteiger partial charge in [-0.3, -0.25) is 4.79 Å². The van der Waals surface area contributed by atoms with Gasteiger partial charge in [0.15, 0.2) is 0 Å². The highest BCUT2D eigenvalue weighted by Crippen LogP contribution is 2.40. The summed E-state index contributed by atoms with van der Waals surface area (Å²) >= 11 is 0. The van der Waals surface area contributed by atoms with Gasteiger partial charge in [-0.2, -0.15) is 10.2 Å². The Balaban J connectivity index is 1.89. The van der Waals surface area contributed by atoms with Gasteiger partial charge in [0, 0.05) is 11.1 Å². The molecule has 2 aromatic carbocycles. The van der Waals surface area contributed by atoms with E-state index in [4.69, 9.17) is 4.74 Å². The second-order valence-corrected chi connectivity index (χ2v) is 7.30. The van der Waals surface area contributed by atoms with Crippen LogP contribution in [0.3, 0.4) is 0 Å². The van der Waals surface area contributed by atoms with Gasteiger partial charge < -0.3 is 10.1 Å². The molecule has 1 heterocycles. The smallest absolute Gasteiger partial charge is 0.333 e. The highest BCUT2D eigenvalue weighted by atomic mass is 16.5. The number of carbonyl (C=O) groups is 2. The van der Waals surface area contributed by atoms with Gasteiger partial charge in [0.25, 0.3) is 5.91 Å². The molecule has 0 aliphatic carbocycles. The first-order chi connectivity index (χ1) is 14.3. The molecule has 30 heavy (non-hydrogen) atoms. The molecule has 0 saturated carbocycles. The average molecular weight is 403 g/mol. The fraction of sp³-hybridized carbons (Fsp3) is 0.250. The van der Waals surface area contributed by atoms with Crippen molar-refractivity contribution in [2.45, 2.75) is 26.3 Å². The molecule has 1 atom stereocenters. The average Bonchev–Trinajstić information content (AvgIpc) is 3.17. The van der Waals surface area contributed by atoms with Crippen molar-refractivity contribution in [3.63, 3.8) is 0 Å². The third-order valence-electron chi connectivity index (χ3n) is 4.95. The Morgan fingerprint density at radius 3 is 2.40 bits per heavy atom. The van der Waals surface area contributed by atoms with Crippen LogP contribution >= 0.6 is 0 Å². The van der Waals surface area contributed by atoms with Crippen LogP contribution in [0.1, 0.15) is 29.2 Å². The van der Waals surface area contributed by atoms with Crippen LogP contribution in [0.25, 0.3) is 5.70 Å². The van der Waals surface area contributed by atoms with Crippen molar-refractivity contribution in [2.75, 3.05) is 13.2 Å². The summed E-state index contributed by atoms with van der Waals surface area (Å²) in [5, 5.41) is 11.6. The van der Waals surface area contributed by atoms with Crippen molar-refractivity contribution in [3.8, 4) is 0 Å². The fourth-order valence-corrected chi connectivity index (χ4v) is 3.31. The minimum atomic E-state index is -1.28. The van der Waals surface area contributed by atoms with E-state index >= 15 is 0 Å². The van der Waals surface area contributed by atoms with Crippen LogP contribution < -0.4 is 5.32 Å². The standard InChI is InChI=1S/C24H25N3O3/c1-16(2)22(28)30-14-13-25-23(29)24(20-12-8-6-10-18(20)4)15-21(26-27-24)19-11-7-5-9-17(19)3/h5-12,15H,1,13-14H2,2-4H3,(H,25,29). The van der Waals surface area contributed by atoms with Gasteiger partial charge in [0.2, 0.25) is 5.54 Å². The van der Waals surface area contributed by atoms with E-state index in [2.05, 4.69) is 22.1 Å². The number of hydrogen-bond acceptors (Lipinski definition) is 5. The number of azo groups is 1. The van der Waals surface area contributed by atoms with E-state index in [1.54, 1.807) is 13.0 Å². The number of carbonyl (C=O) groups excluding carboxylic acids is 2. The molecule has 1 N–H and O–H groups in total. The van der Waals surface area contributed by atoms with E-state index in [9.17, 15) is 9.59 Å². The number of hydrogen-bond donors (Lipinski definition) is 1. The Morgan fingerprint density at radius 2 is 1.73 bits per heavy atom. The van der Waals surface area contributed by atoms with Gasteiger partial charge in [-0.25, -0.2) is 4.79 Å². The summed E-state index contributed by atoms with van der Waals surface area (Å²) in [5.74, 6) is -0.810. The van der Waals surface area contributed by atoms with E-state index in [1.807, 2.05) is 62.4 Å². The molecule has 0 saturated heterocycles. The summed E-state index contributed by atoms with van der Waals surface area (Å²) in [6.45, 7) is 9.26. The molecule has 0 spiro atoms. The van der Waals surface area contributed by atoms with Crippen molar-refractivity contribution in [1.82, 2.24) is 5.32 Å². The van der Waals surface area contributed by atoms with Crippen molar-refractivity contribution in [2.24, 2.45) is 10.2 Å². The van der Waals surface area contributed by atoms with Crippen molar-refractivity contribution >= 4 is 17.6 Å². The quantitative estimate of drug-likeness (QED) is 0.427. The third-order valence-corrected chi connectivity index (χ3v) is 4.95. The van der Waals surface area contributed by atoms with Crippen LogP contribution in [0.4, 0.5) is 0 Å². The van der Waals surface area contributed by atoms with Gasteiger partial charge in [-0.1, -0.05) is 55.1 Å². The van der Waals surface area contributed by atoms with Crippen LogP contribution in [0.15, 0.2) is 77.0 Å². The molecule has 3 rings (SSSR count). The Labute approximate surface area is 176 Å². The van der Waals surface area contributed by atoms with Gasteiger partial charge in [-0.15, -0.1) is 0 Å². The second-order valence-electron chi connectivity index (χ2n) is 7.30. The molecule has 0 radical (unpaired) electrons. The number of nitrogens with zero attached hydrogens (tertiary/aromatic N) is 2. The monoisotopic (exact) mass is 403 g/mol. The molecule has 0 aromatic heterocycles. The molecule has 0 fully saturated rings. The fourth-order valence-electron chi connectivity index (χ4n) is 3.31. The van der Waals surface area contributed by atoms with Crippen LogP contribution in [-0.4, -0.2) is 25.0 Å². The Kier molecular flexibility index (Phi) is 6.26. The summed E-state index contributed by atoms with van der Waals surface area (Å²) in [6.07, 6.45) is 1.80. The zero-order valence-corrected chi connectivity index (χ0v) is 17.4. The maximum absolute atomic E-state index is 13.3. The third kappa shape index (κ3) is 4.22. The maximum Gasteiger partial charge on any atom is 0.333 e. The zero-order valence-electron chi connectivity index (χ0n) is 17.4. The normalized spacial score (nSPS) is 17.4. The molecular formula is C24H25N3O3. The van der Waals surface area contributed by atoms with Gasteiger partial charge in [0.05, 0.1) is 12.2 Å². The Bertz CT molecular complexity index is 1060. The molecule has 1 aliphatic heterocycles. The summed E-state index contributed by atoms with van der Waals surface area (Å²) in [5.41, 5.74) is 3.36. The molecule has 154 valence electrons. The van der Waals surface area contributed by atoms with Gasteiger partial charge >= 0.3 is 5.97 Å². The number of ether oxygens (including phenoxy) is 1. The number of rotatable bonds is 7. The first kappa shape index (κ1) is 21.2. The van der Waals surface area contributed by atoms with E-state index in [1.165, 1.54) is 0 Å². The lowest BCUT2D eigenvalue weighted by molar-refractivity contribution is -0.139. The molecule has 6 nitrogen and oxygen atoms in total. The van der Waals surface area contributed by atoms with Gasteiger partial charge in [0.1, 0.15) is 6.61 Å². The van der Waals surface area contributed by atoms with Gasteiger partial charge in [-0.05, 0) is 43.5 Å². The lowest BCUT2D eigenvalue weighted by Crippen LogP contribution is -2.42. The van der Waals surface area contributed by atoms with E-state index < -0.39 is 11.5 Å². The maximum atomic E-state index is 13.3. The molecule has 1 amide bonds. The van der Waals surface area contributed by atoms with E-state index in [0.29, 0.717) is 11.3 Å². The lowest BCUT2D eigenvalue weighted by Gasteiger charge is -2.24. The summed E-state index contributed by atoms with van der Waals surface area (Å²) < 4.78 is 5.06. The molecule has 6 heteroatoms. The highest BCUT2D eigenvalue weighted by Gasteiger charge is 2.43. The van der Waals surface area contributed by atoms with Crippen LogP contribution in [0.2, 0.25) is 0 Å². The number of esters is 1. The topological polar surface area (TPSA) is 80.1 Å². The van der Waals surface area contributed by atoms with Crippen molar-refractivity contribution in [1.29, 1.82) is 0 Å². The summed E-state index contributed by atoms with van der Waals surface area (Å²) in [4.78, 5) is 24.8. The number of amides is 1. The predicted molar refractivity (Wildman–Crippen MR) is 116 cm³/mol. The SMILES string of the molecule is C=C(C)C(=O)OCCNC(=O)C1(c2ccccc2C)C=C(c2ccccc2C)N=N1. The lowest BCUT2D eigenvalue weighted by atomic mass is 9.85. The van der Waals surface area contributed by atoms with Crippen molar-refractivity contribution < 1.29 is 14.3 Å². The second kappa shape index (κ2) is 8.86. The molecule has 1 aliphatic rings. The Hall–Kier alpha value is -3.54. The van der Waals surface area contributed by atoms with Crippen LogP contribution in [0.5, 0.6) is 0 Å². The summed E-state index contributed by atoms with van der Waals surface area (Å²) in [6, 6.07) is 15.5. The number of aryl methyl sites for hydroxylation is 2. The molecule has 2 aromatic rings. The summed E-state index contributed by atoms with van der Waals surface area (Å²) in [7, 11) is 0. The van der Waals surface area contributed by atoms with E-state index in [-0.39, 0.29) is 19.1 Å². The zero-order chi connectivity index (χ0) is 21.7. The highest BCUT2D eigenvalue weighted by molar-refractivity contribution is 5.94. The largest absolute Gasteiger partial charge is 0.460 e. The molecule has 1 unspecified atom stereocenters. The van der Waals surface area contributed by atoms with Crippen LogP contribution in [0, 0.1) is 13.8 Å². The van der Waals surface area contributed by atoms with E-state index in [0.717, 1.165) is 22.3 Å². The molecule has 0 bridgehead atoms. The molecular weight excluding hydrogens is 378 g/mol. The first-order valence-corrected chi connectivity index (χ1v) is 9.74. The number of benzene rings is 2. The van der Waals surface area contributed by atoms with Crippen LogP contribution in [-0.2, 0) is 19.9 Å². The van der Waals surface area contributed by atoms with Crippen molar-refractivity contribution in [3.05, 3.63) is 89.0 Å². The Morgan fingerprint density at radius 1 is 1.07 bits per heavy atom. The first-order valence-electron chi connectivity index (χ1n) is 9.74.